The molecule has 0 radical (unpaired) electrons. The molecule has 3 aromatic rings. The number of likely N-dealkylation sites (tertiary alicyclic amines) is 1. The number of nitrogens with zero attached hydrogens (tertiary/aromatic N) is 2. The summed E-state index contributed by atoms with van der Waals surface area (Å²) in [6.45, 7) is 0.0891. The van der Waals surface area contributed by atoms with Crippen molar-refractivity contribution in [2.75, 3.05) is 14.2 Å². The summed E-state index contributed by atoms with van der Waals surface area (Å²) in [6, 6.07) is 13.1. The molecular weight excluding hydrogens is 427 g/mol. The average molecular weight is 448 g/mol. The standard InChI is InChI=1S/C25H21FN2O5/c1-32-18-5-3-4-15(12-18)14-28-22(16-8-10-27-11-9-16)21(24(30)25(28)31)23(29)19-13-17(26)6-7-20(19)33-2/h3-13,22,29H,14H2,1-2H3/b23-21+. The largest absolute Gasteiger partial charge is 0.507 e. The van der Waals surface area contributed by atoms with Crippen LogP contribution >= 0.6 is 0 Å². The fourth-order valence-corrected chi connectivity index (χ4v) is 3.91. The Bertz CT molecular complexity index is 1240. The smallest absolute Gasteiger partial charge is 0.295 e. The van der Waals surface area contributed by atoms with Crippen LogP contribution in [0, 0.1) is 5.82 Å². The van der Waals surface area contributed by atoms with Gasteiger partial charge in [-0.1, -0.05) is 12.1 Å². The second kappa shape index (κ2) is 9.12. The summed E-state index contributed by atoms with van der Waals surface area (Å²) in [7, 11) is 2.90. The van der Waals surface area contributed by atoms with Crippen molar-refractivity contribution in [2.24, 2.45) is 0 Å². The van der Waals surface area contributed by atoms with Gasteiger partial charge in [0, 0.05) is 18.9 Å². The van der Waals surface area contributed by atoms with Crippen LogP contribution in [0.15, 0.2) is 72.6 Å². The quantitative estimate of drug-likeness (QED) is 0.350. The zero-order valence-electron chi connectivity index (χ0n) is 18.0. The highest BCUT2D eigenvalue weighted by molar-refractivity contribution is 6.46. The molecule has 1 saturated heterocycles. The number of pyridine rings is 1. The molecule has 1 atom stereocenters. The number of Topliss-reactive ketones (excluding diaryl/α,β-unsaturated/α-hetero) is 1. The number of hydrogen-bond donors (Lipinski definition) is 1. The Morgan fingerprint density at radius 3 is 2.52 bits per heavy atom. The van der Waals surface area contributed by atoms with Crippen molar-refractivity contribution in [3.05, 3.63) is 95.1 Å². The molecule has 168 valence electrons. The number of ether oxygens (including phenoxy) is 2. The first-order valence-electron chi connectivity index (χ1n) is 10.1. The number of ketones is 1. The van der Waals surface area contributed by atoms with E-state index in [1.165, 1.54) is 43.6 Å². The number of rotatable bonds is 6. The van der Waals surface area contributed by atoms with Crippen molar-refractivity contribution in [2.45, 2.75) is 12.6 Å². The molecule has 1 aromatic heterocycles. The predicted molar refractivity (Wildman–Crippen MR) is 118 cm³/mol. The number of benzene rings is 2. The molecule has 1 fully saturated rings. The Balaban J connectivity index is 1.88. The Kier molecular flexibility index (Phi) is 6.08. The lowest BCUT2D eigenvalue weighted by Gasteiger charge is -2.25. The molecule has 1 aliphatic rings. The van der Waals surface area contributed by atoms with E-state index in [1.54, 1.807) is 36.4 Å². The number of carbonyl (C=O) groups excluding carboxylic acids is 2. The van der Waals surface area contributed by atoms with Crippen LogP contribution in [0.5, 0.6) is 11.5 Å². The first-order chi connectivity index (χ1) is 15.9. The summed E-state index contributed by atoms with van der Waals surface area (Å²) in [5.41, 5.74) is 1.14. The van der Waals surface area contributed by atoms with Gasteiger partial charge in [-0.25, -0.2) is 4.39 Å². The summed E-state index contributed by atoms with van der Waals surface area (Å²) in [5, 5.41) is 11.1. The number of halogens is 1. The van der Waals surface area contributed by atoms with Gasteiger partial charge in [-0.15, -0.1) is 0 Å². The zero-order valence-corrected chi connectivity index (χ0v) is 18.0. The molecule has 33 heavy (non-hydrogen) atoms. The van der Waals surface area contributed by atoms with Gasteiger partial charge in [-0.05, 0) is 53.6 Å². The number of hydrogen-bond acceptors (Lipinski definition) is 6. The normalized spacial score (nSPS) is 17.3. The molecule has 1 aliphatic heterocycles. The first kappa shape index (κ1) is 22.0. The van der Waals surface area contributed by atoms with Crippen molar-refractivity contribution >= 4 is 17.4 Å². The molecule has 0 bridgehead atoms. The molecule has 0 spiro atoms. The third-order valence-corrected chi connectivity index (χ3v) is 5.47. The molecule has 1 unspecified atom stereocenters. The highest BCUT2D eigenvalue weighted by Gasteiger charge is 2.46. The average Bonchev–Trinajstić information content (AvgIpc) is 3.09. The molecule has 1 amide bonds. The van der Waals surface area contributed by atoms with Gasteiger partial charge in [-0.3, -0.25) is 14.6 Å². The number of aliphatic hydroxyl groups excluding tert-OH is 1. The van der Waals surface area contributed by atoms with Crippen LogP contribution in [0.25, 0.3) is 5.76 Å². The fraction of sp³-hybridized carbons (Fsp3) is 0.160. The number of aliphatic hydroxyl groups is 1. The Morgan fingerprint density at radius 2 is 1.82 bits per heavy atom. The van der Waals surface area contributed by atoms with E-state index in [9.17, 15) is 19.1 Å². The van der Waals surface area contributed by atoms with E-state index in [-0.39, 0.29) is 23.4 Å². The monoisotopic (exact) mass is 448 g/mol. The van der Waals surface area contributed by atoms with Crippen molar-refractivity contribution in [1.29, 1.82) is 0 Å². The second-order valence-electron chi connectivity index (χ2n) is 7.40. The van der Waals surface area contributed by atoms with Gasteiger partial charge in [0.15, 0.2) is 0 Å². The highest BCUT2D eigenvalue weighted by Crippen LogP contribution is 2.41. The Labute approximate surface area is 189 Å². The molecule has 2 aromatic carbocycles. The molecule has 4 rings (SSSR count). The lowest BCUT2D eigenvalue weighted by molar-refractivity contribution is -0.140. The lowest BCUT2D eigenvalue weighted by Crippen LogP contribution is -2.29. The van der Waals surface area contributed by atoms with Crippen LogP contribution in [0.4, 0.5) is 4.39 Å². The van der Waals surface area contributed by atoms with Gasteiger partial charge >= 0.3 is 0 Å². The second-order valence-corrected chi connectivity index (χ2v) is 7.40. The summed E-state index contributed by atoms with van der Waals surface area (Å²) in [4.78, 5) is 31.6. The molecule has 1 N–H and O–H groups in total. The summed E-state index contributed by atoms with van der Waals surface area (Å²) in [6.07, 6.45) is 3.06. The lowest BCUT2D eigenvalue weighted by atomic mass is 9.95. The maximum Gasteiger partial charge on any atom is 0.295 e. The van der Waals surface area contributed by atoms with E-state index >= 15 is 0 Å². The van der Waals surface area contributed by atoms with E-state index in [4.69, 9.17) is 9.47 Å². The van der Waals surface area contributed by atoms with E-state index in [1.807, 2.05) is 0 Å². The predicted octanol–water partition coefficient (Wildman–Crippen LogP) is 3.86. The van der Waals surface area contributed by atoms with Crippen LogP contribution < -0.4 is 9.47 Å². The molecular formula is C25H21FN2O5. The van der Waals surface area contributed by atoms with E-state index in [0.717, 1.165) is 11.6 Å². The maximum absolute atomic E-state index is 14.0. The van der Waals surface area contributed by atoms with E-state index < -0.39 is 29.3 Å². The topological polar surface area (TPSA) is 89.0 Å². The fourth-order valence-electron chi connectivity index (χ4n) is 3.91. The highest BCUT2D eigenvalue weighted by atomic mass is 19.1. The van der Waals surface area contributed by atoms with Gasteiger partial charge in [0.25, 0.3) is 11.7 Å². The van der Waals surface area contributed by atoms with Crippen molar-refractivity contribution in [3.63, 3.8) is 0 Å². The third-order valence-electron chi connectivity index (χ3n) is 5.47. The van der Waals surface area contributed by atoms with Crippen LogP contribution in [-0.4, -0.2) is 40.9 Å². The molecule has 2 heterocycles. The molecule has 0 aliphatic carbocycles. The Morgan fingerprint density at radius 1 is 1.06 bits per heavy atom. The molecule has 8 heteroatoms. The SMILES string of the molecule is COc1cccc(CN2C(=O)C(=O)/C(=C(/O)c3cc(F)ccc3OC)C2c2ccncc2)c1. The van der Waals surface area contributed by atoms with Crippen LogP contribution in [0.1, 0.15) is 22.7 Å². The summed E-state index contributed by atoms with van der Waals surface area (Å²) >= 11 is 0. The molecule has 0 saturated carbocycles. The van der Waals surface area contributed by atoms with Crippen LogP contribution in [0.3, 0.4) is 0 Å². The van der Waals surface area contributed by atoms with Crippen LogP contribution in [0.2, 0.25) is 0 Å². The zero-order chi connectivity index (χ0) is 23.5. The minimum atomic E-state index is -0.910. The summed E-state index contributed by atoms with van der Waals surface area (Å²) < 4.78 is 24.5. The first-order valence-corrected chi connectivity index (χ1v) is 10.1. The number of methoxy groups -OCH3 is 2. The molecule has 7 nitrogen and oxygen atoms in total. The minimum Gasteiger partial charge on any atom is -0.507 e. The van der Waals surface area contributed by atoms with Gasteiger partial charge in [0.2, 0.25) is 0 Å². The number of carbonyl (C=O) groups is 2. The maximum atomic E-state index is 14.0. The van der Waals surface area contributed by atoms with Gasteiger partial charge in [0.05, 0.1) is 31.4 Å². The van der Waals surface area contributed by atoms with Gasteiger partial charge < -0.3 is 19.5 Å². The van der Waals surface area contributed by atoms with Gasteiger partial charge in [0.1, 0.15) is 23.1 Å². The third kappa shape index (κ3) is 4.15. The number of amides is 1. The van der Waals surface area contributed by atoms with Crippen molar-refractivity contribution in [1.82, 2.24) is 9.88 Å². The van der Waals surface area contributed by atoms with Gasteiger partial charge in [-0.2, -0.15) is 0 Å². The van der Waals surface area contributed by atoms with E-state index in [2.05, 4.69) is 4.98 Å². The number of aromatic nitrogens is 1. The summed E-state index contributed by atoms with van der Waals surface area (Å²) in [5.74, 6) is -2.02. The Hall–Kier alpha value is -4.20. The van der Waals surface area contributed by atoms with Crippen molar-refractivity contribution < 1.29 is 28.6 Å². The van der Waals surface area contributed by atoms with E-state index in [0.29, 0.717) is 11.3 Å². The van der Waals surface area contributed by atoms with Crippen LogP contribution in [-0.2, 0) is 16.1 Å². The van der Waals surface area contributed by atoms with Crippen molar-refractivity contribution in [3.8, 4) is 11.5 Å². The minimum absolute atomic E-state index is 0.0177.